The van der Waals surface area contributed by atoms with E-state index in [4.69, 9.17) is 16.3 Å². The maximum Gasteiger partial charge on any atom is 0.310 e. The molecule has 1 aromatic rings. The molecule has 0 bridgehead atoms. The van der Waals surface area contributed by atoms with Gasteiger partial charge in [-0.15, -0.1) is 0 Å². The largest absolute Gasteiger partial charge is 0.466 e. The van der Waals surface area contributed by atoms with Gasteiger partial charge in [-0.2, -0.15) is 0 Å². The van der Waals surface area contributed by atoms with E-state index < -0.39 is 0 Å². The molecule has 1 atom stereocenters. The van der Waals surface area contributed by atoms with Crippen LogP contribution in [-0.2, 0) is 9.53 Å². The summed E-state index contributed by atoms with van der Waals surface area (Å²) in [7, 11) is 0. The molecule has 1 fully saturated rings. The van der Waals surface area contributed by atoms with Crippen molar-refractivity contribution >= 4 is 39.4 Å². The van der Waals surface area contributed by atoms with Crippen molar-refractivity contribution in [1.82, 2.24) is 4.90 Å². The van der Waals surface area contributed by atoms with E-state index >= 15 is 0 Å². The maximum absolute atomic E-state index is 12.6. The zero-order valence-electron chi connectivity index (χ0n) is 11.8. The monoisotopic (exact) mass is 373 g/mol. The van der Waals surface area contributed by atoms with Crippen molar-refractivity contribution < 1.29 is 14.3 Å². The van der Waals surface area contributed by atoms with Gasteiger partial charge >= 0.3 is 5.97 Å². The minimum atomic E-state index is -0.242. The first-order chi connectivity index (χ1) is 10.0. The number of benzene rings is 1. The molecule has 1 aliphatic rings. The lowest BCUT2D eigenvalue weighted by atomic mass is 9.97. The van der Waals surface area contributed by atoms with Gasteiger partial charge in [-0.3, -0.25) is 9.59 Å². The van der Waals surface area contributed by atoms with Crippen LogP contribution in [0, 0.1) is 5.92 Å². The summed E-state index contributed by atoms with van der Waals surface area (Å²) in [6, 6.07) is 5.18. The normalized spacial score (nSPS) is 18.4. The Morgan fingerprint density at radius 2 is 2.24 bits per heavy atom. The number of ether oxygens (including phenoxy) is 1. The molecule has 1 amide bonds. The summed E-state index contributed by atoms with van der Waals surface area (Å²) in [6.07, 6.45) is 1.55. The average molecular weight is 375 g/mol. The van der Waals surface area contributed by atoms with Crippen molar-refractivity contribution in [3.05, 3.63) is 33.3 Å². The summed E-state index contributed by atoms with van der Waals surface area (Å²) in [5.41, 5.74) is 0.454. The number of rotatable bonds is 3. The number of amides is 1. The van der Waals surface area contributed by atoms with Gasteiger partial charge in [-0.1, -0.05) is 27.5 Å². The van der Waals surface area contributed by atoms with Crippen LogP contribution in [0.4, 0.5) is 0 Å². The molecular weight excluding hydrogens is 358 g/mol. The number of hydrogen-bond donors (Lipinski definition) is 0. The molecule has 0 unspecified atom stereocenters. The first-order valence-corrected chi connectivity index (χ1v) is 8.11. The van der Waals surface area contributed by atoms with E-state index in [1.807, 2.05) is 0 Å². The van der Waals surface area contributed by atoms with Crippen LogP contribution >= 0.6 is 27.5 Å². The summed E-state index contributed by atoms with van der Waals surface area (Å²) in [4.78, 5) is 26.1. The van der Waals surface area contributed by atoms with Crippen molar-refractivity contribution in [2.75, 3.05) is 19.7 Å². The van der Waals surface area contributed by atoms with Crippen LogP contribution < -0.4 is 0 Å². The van der Waals surface area contributed by atoms with Gasteiger partial charge in [0.1, 0.15) is 0 Å². The number of carbonyl (C=O) groups is 2. The molecule has 0 aliphatic carbocycles. The highest BCUT2D eigenvalue weighted by atomic mass is 79.9. The van der Waals surface area contributed by atoms with Crippen LogP contribution in [0.25, 0.3) is 0 Å². The Hall–Kier alpha value is -1.07. The molecule has 0 N–H and O–H groups in total. The fourth-order valence-corrected chi connectivity index (χ4v) is 3.01. The number of nitrogens with zero attached hydrogens (tertiary/aromatic N) is 1. The number of piperidine rings is 1. The van der Waals surface area contributed by atoms with Crippen molar-refractivity contribution in [2.45, 2.75) is 19.8 Å². The lowest BCUT2D eigenvalue weighted by Gasteiger charge is -2.31. The summed E-state index contributed by atoms with van der Waals surface area (Å²) < 4.78 is 5.85. The Labute approximate surface area is 137 Å². The highest BCUT2D eigenvalue weighted by Gasteiger charge is 2.30. The smallest absolute Gasteiger partial charge is 0.310 e. The van der Waals surface area contributed by atoms with Crippen molar-refractivity contribution in [3.8, 4) is 0 Å². The van der Waals surface area contributed by atoms with E-state index in [1.54, 1.807) is 30.0 Å². The van der Waals surface area contributed by atoms with Gasteiger partial charge in [0.2, 0.25) is 0 Å². The highest BCUT2D eigenvalue weighted by Crippen LogP contribution is 2.25. The number of hydrogen-bond acceptors (Lipinski definition) is 3. The SMILES string of the molecule is CCOC(=O)[C@@H]1CCCN(C(=O)c2cc(Br)ccc2Cl)C1. The summed E-state index contributed by atoms with van der Waals surface area (Å²) in [6.45, 7) is 3.17. The second-order valence-corrected chi connectivity index (χ2v) is 6.29. The first-order valence-electron chi connectivity index (χ1n) is 6.94. The Balaban J connectivity index is 2.12. The molecule has 0 radical (unpaired) electrons. The molecule has 114 valence electrons. The van der Waals surface area contributed by atoms with Crippen LogP contribution in [-0.4, -0.2) is 36.5 Å². The summed E-state index contributed by atoms with van der Waals surface area (Å²) in [5, 5.41) is 0.418. The number of halogens is 2. The minimum Gasteiger partial charge on any atom is -0.466 e. The second kappa shape index (κ2) is 7.27. The van der Waals surface area contributed by atoms with Gasteiger partial charge in [-0.05, 0) is 38.0 Å². The number of esters is 1. The van der Waals surface area contributed by atoms with Crippen molar-refractivity contribution in [3.63, 3.8) is 0 Å². The number of likely N-dealkylation sites (tertiary alicyclic amines) is 1. The molecule has 1 saturated heterocycles. The lowest BCUT2D eigenvalue weighted by Crippen LogP contribution is -2.42. The van der Waals surface area contributed by atoms with E-state index in [1.165, 1.54) is 0 Å². The Bertz CT molecular complexity index is 550. The molecule has 1 aliphatic heterocycles. The molecule has 4 nitrogen and oxygen atoms in total. The van der Waals surface area contributed by atoms with Gasteiger partial charge in [-0.25, -0.2) is 0 Å². The molecule has 2 rings (SSSR count). The van der Waals surface area contributed by atoms with Crippen LogP contribution in [0.3, 0.4) is 0 Å². The molecule has 0 saturated carbocycles. The molecule has 0 aromatic heterocycles. The zero-order chi connectivity index (χ0) is 15.4. The van der Waals surface area contributed by atoms with Crippen LogP contribution in [0.2, 0.25) is 5.02 Å². The van der Waals surface area contributed by atoms with Gasteiger partial charge in [0, 0.05) is 17.6 Å². The van der Waals surface area contributed by atoms with Crippen LogP contribution in [0.1, 0.15) is 30.1 Å². The third kappa shape index (κ3) is 3.98. The topological polar surface area (TPSA) is 46.6 Å². The Morgan fingerprint density at radius 1 is 1.48 bits per heavy atom. The van der Waals surface area contributed by atoms with E-state index in [-0.39, 0.29) is 17.8 Å². The van der Waals surface area contributed by atoms with E-state index in [2.05, 4.69) is 15.9 Å². The Kier molecular flexibility index (Phi) is 5.65. The predicted molar refractivity (Wildman–Crippen MR) is 84.4 cm³/mol. The molecule has 1 aromatic carbocycles. The quantitative estimate of drug-likeness (QED) is 0.761. The third-order valence-corrected chi connectivity index (χ3v) is 4.31. The van der Waals surface area contributed by atoms with Gasteiger partial charge in [0.25, 0.3) is 5.91 Å². The standard InChI is InChI=1S/C15H17BrClNO3/c1-2-21-15(20)10-4-3-7-18(9-10)14(19)12-8-11(16)5-6-13(12)17/h5-6,8,10H,2-4,7,9H2,1H3/t10-/m1/s1. The fraction of sp³-hybridized carbons (Fsp3) is 0.467. The third-order valence-electron chi connectivity index (χ3n) is 3.49. The molecule has 21 heavy (non-hydrogen) atoms. The maximum atomic E-state index is 12.6. The second-order valence-electron chi connectivity index (χ2n) is 4.97. The highest BCUT2D eigenvalue weighted by molar-refractivity contribution is 9.10. The van der Waals surface area contributed by atoms with E-state index in [9.17, 15) is 9.59 Å². The van der Waals surface area contributed by atoms with Crippen LogP contribution in [0.15, 0.2) is 22.7 Å². The van der Waals surface area contributed by atoms with Crippen molar-refractivity contribution in [1.29, 1.82) is 0 Å². The average Bonchev–Trinajstić information content (AvgIpc) is 2.49. The first kappa shape index (κ1) is 16.3. The molecule has 1 heterocycles. The summed E-state index contributed by atoms with van der Waals surface area (Å²) >= 11 is 9.44. The molecule has 0 spiro atoms. The minimum absolute atomic E-state index is 0.143. The summed E-state index contributed by atoms with van der Waals surface area (Å²) in [5.74, 6) is -0.612. The van der Waals surface area contributed by atoms with Gasteiger partial charge in [0.05, 0.1) is 23.1 Å². The molecule has 6 heteroatoms. The van der Waals surface area contributed by atoms with E-state index in [0.29, 0.717) is 30.3 Å². The fourth-order valence-electron chi connectivity index (χ4n) is 2.45. The molecular formula is C15H17BrClNO3. The van der Waals surface area contributed by atoms with Crippen LogP contribution in [0.5, 0.6) is 0 Å². The Morgan fingerprint density at radius 3 is 2.95 bits per heavy atom. The van der Waals surface area contributed by atoms with E-state index in [0.717, 1.165) is 17.3 Å². The van der Waals surface area contributed by atoms with Gasteiger partial charge in [0.15, 0.2) is 0 Å². The van der Waals surface area contributed by atoms with Gasteiger partial charge < -0.3 is 9.64 Å². The van der Waals surface area contributed by atoms with Crippen molar-refractivity contribution in [2.24, 2.45) is 5.92 Å². The zero-order valence-corrected chi connectivity index (χ0v) is 14.1. The number of carbonyl (C=O) groups excluding carboxylic acids is 2. The lowest BCUT2D eigenvalue weighted by molar-refractivity contribution is -0.149. The predicted octanol–water partition coefficient (Wildman–Crippen LogP) is 3.52.